The maximum Gasteiger partial charge on any atom is 0.164 e. The van der Waals surface area contributed by atoms with Gasteiger partial charge in [-0.25, -0.2) is 15.0 Å². The van der Waals surface area contributed by atoms with Crippen LogP contribution in [0.1, 0.15) is 27.8 Å². The monoisotopic (exact) mass is 698 g/mol. The predicted molar refractivity (Wildman–Crippen MR) is 220 cm³/mol. The molecular formula is C51H30N4. The minimum atomic E-state index is -0.600. The molecule has 0 bridgehead atoms. The second-order valence-electron chi connectivity index (χ2n) is 14.2. The molecule has 1 atom stereocenters. The lowest BCUT2D eigenvalue weighted by molar-refractivity contribution is 0.794. The van der Waals surface area contributed by atoms with Crippen molar-refractivity contribution in [2.24, 2.45) is 0 Å². The van der Waals surface area contributed by atoms with Crippen LogP contribution in [0.2, 0.25) is 0 Å². The highest BCUT2D eigenvalue weighted by Crippen LogP contribution is 2.65. The fourth-order valence-electron chi connectivity index (χ4n) is 9.12. The maximum absolute atomic E-state index is 9.61. The number of fused-ring (bicyclic) bond motifs is 12. The van der Waals surface area contributed by atoms with Crippen molar-refractivity contribution in [3.63, 3.8) is 0 Å². The molecule has 1 spiro atoms. The van der Waals surface area contributed by atoms with Gasteiger partial charge in [-0.2, -0.15) is 5.26 Å². The van der Waals surface area contributed by atoms with Gasteiger partial charge in [0.05, 0.1) is 17.0 Å². The molecule has 11 rings (SSSR count). The molecular weight excluding hydrogens is 669 g/mol. The van der Waals surface area contributed by atoms with E-state index in [1.165, 1.54) is 49.7 Å². The molecule has 9 aromatic rings. The summed E-state index contributed by atoms with van der Waals surface area (Å²) in [6.45, 7) is 0. The second kappa shape index (κ2) is 12.0. The first kappa shape index (κ1) is 31.1. The largest absolute Gasteiger partial charge is 0.208 e. The summed E-state index contributed by atoms with van der Waals surface area (Å²) < 4.78 is 0. The summed E-state index contributed by atoms with van der Waals surface area (Å²) in [6.07, 6.45) is 0. The molecule has 4 nitrogen and oxygen atoms in total. The zero-order valence-corrected chi connectivity index (χ0v) is 29.6. The molecule has 4 heteroatoms. The van der Waals surface area contributed by atoms with Crippen molar-refractivity contribution >= 4 is 10.8 Å². The van der Waals surface area contributed by atoms with Gasteiger partial charge in [-0.15, -0.1) is 0 Å². The van der Waals surface area contributed by atoms with E-state index in [4.69, 9.17) is 15.0 Å². The van der Waals surface area contributed by atoms with E-state index in [1.807, 2.05) is 48.5 Å². The average molecular weight is 699 g/mol. The van der Waals surface area contributed by atoms with Gasteiger partial charge in [0.15, 0.2) is 17.5 Å². The van der Waals surface area contributed by atoms with Gasteiger partial charge in [-0.05, 0) is 84.6 Å². The van der Waals surface area contributed by atoms with Crippen LogP contribution in [0, 0.1) is 11.3 Å². The minimum Gasteiger partial charge on any atom is -0.208 e. The van der Waals surface area contributed by atoms with Crippen LogP contribution in [0.3, 0.4) is 0 Å². The number of hydrogen-bond donors (Lipinski definition) is 0. The highest BCUT2D eigenvalue weighted by atomic mass is 15.0. The SMILES string of the molecule is N#Cc1ccc(-c2cc3c(c4ccccc24)-c2ccccc2C32c3ccccc3-c3c(-c4nc(-c5ccccc5)nc(-c5ccccc5)n4)cccc32)cc1. The normalized spacial score (nSPS) is 14.6. The molecule has 1 aromatic heterocycles. The number of hydrogen-bond acceptors (Lipinski definition) is 4. The molecule has 2 aliphatic rings. The van der Waals surface area contributed by atoms with E-state index in [9.17, 15) is 5.26 Å². The van der Waals surface area contributed by atoms with Crippen LogP contribution in [0.4, 0.5) is 0 Å². The zero-order valence-electron chi connectivity index (χ0n) is 29.6. The third kappa shape index (κ3) is 4.48. The molecule has 2 aliphatic carbocycles. The lowest BCUT2D eigenvalue weighted by atomic mass is 9.70. The fraction of sp³-hybridized carbons (Fsp3) is 0.0196. The van der Waals surface area contributed by atoms with Crippen LogP contribution in [0.15, 0.2) is 182 Å². The smallest absolute Gasteiger partial charge is 0.164 e. The summed E-state index contributed by atoms with van der Waals surface area (Å²) in [5, 5.41) is 12.0. The molecule has 8 aromatic carbocycles. The third-order valence-corrected chi connectivity index (χ3v) is 11.4. The summed E-state index contributed by atoms with van der Waals surface area (Å²) in [5.74, 6) is 1.91. The first-order valence-corrected chi connectivity index (χ1v) is 18.5. The minimum absolute atomic E-state index is 0.600. The maximum atomic E-state index is 9.61. The fourth-order valence-corrected chi connectivity index (χ4v) is 9.12. The van der Waals surface area contributed by atoms with Crippen molar-refractivity contribution in [1.29, 1.82) is 5.26 Å². The Balaban J connectivity index is 1.24. The number of benzene rings is 8. The third-order valence-electron chi connectivity index (χ3n) is 11.4. The Kier molecular flexibility index (Phi) is 6.80. The van der Waals surface area contributed by atoms with Crippen LogP contribution in [0.5, 0.6) is 0 Å². The van der Waals surface area contributed by atoms with Crippen LogP contribution >= 0.6 is 0 Å². The van der Waals surface area contributed by atoms with Gasteiger partial charge in [0.2, 0.25) is 0 Å². The summed E-state index contributed by atoms with van der Waals surface area (Å²) in [6, 6.07) is 66.2. The van der Waals surface area contributed by atoms with E-state index in [0.717, 1.165) is 33.4 Å². The highest BCUT2D eigenvalue weighted by molar-refractivity contribution is 6.11. The van der Waals surface area contributed by atoms with Crippen molar-refractivity contribution in [2.75, 3.05) is 0 Å². The van der Waals surface area contributed by atoms with Crippen molar-refractivity contribution < 1.29 is 0 Å². The van der Waals surface area contributed by atoms with Crippen molar-refractivity contribution in [3.05, 3.63) is 210 Å². The molecule has 0 radical (unpaired) electrons. The summed E-state index contributed by atoms with van der Waals surface area (Å²) in [7, 11) is 0. The van der Waals surface area contributed by atoms with Gasteiger partial charge in [0.25, 0.3) is 0 Å². The van der Waals surface area contributed by atoms with Gasteiger partial charge in [-0.1, -0.05) is 164 Å². The number of nitrogens with zero attached hydrogens (tertiary/aromatic N) is 4. The van der Waals surface area contributed by atoms with Crippen molar-refractivity contribution in [3.8, 4) is 73.6 Å². The Morgan fingerprint density at radius 2 is 0.873 bits per heavy atom. The van der Waals surface area contributed by atoms with E-state index in [1.54, 1.807) is 0 Å². The lowest BCUT2D eigenvalue weighted by Gasteiger charge is -2.31. The Labute approximate surface area is 318 Å². The summed E-state index contributed by atoms with van der Waals surface area (Å²) in [4.78, 5) is 15.4. The highest BCUT2D eigenvalue weighted by Gasteiger charge is 2.53. The van der Waals surface area contributed by atoms with Gasteiger partial charge >= 0.3 is 0 Å². The molecule has 0 N–H and O–H groups in total. The predicted octanol–water partition coefficient (Wildman–Crippen LogP) is 11.9. The average Bonchev–Trinajstić information content (AvgIpc) is 3.74. The molecule has 0 fully saturated rings. The first-order chi connectivity index (χ1) is 27.2. The second-order valence-corrected chi connectivity index (χ2v) is 14.2. The standard InChI is InChI=1S/C51H30N4/c52-31-32-26-28-33(29-27-32)41-30-45-46(37-19-8-7-18-36(37)41)38-20-9-11-23-42(38)51(45)43-24-12-10-21-39(43)47-40(22-13-25-44(47)51)50-54-48(34-14-3-1-4-15-34)53-49(55-50)35-16-5-2-6-17-35/h1-30H. The molecule has 254 valence electrons. The van der Waals surface area contributed by atoms with Crippen LogP contribution in [-0.4, -0.2) is 15.0 Å². The van der Waals surface area contributed by atoms with E-state index in [-0.39, 0.29) is 0 Å². The topological polar surface area (TPSA) is 62.5 Å². The zero-order chi connectivity index (χ0) is 36.5. The van der Waals surface area contributed by atoms with Crippen molar-refractivity contribution in [1.82, 2.24) is 15.0 Å². The number of nitriles is 1. The van der Waals surface area contributed by atoms with E-state index in [0.29, 0.717) is 23.0 Å². The van der Waals surface area contributed by atoms with Crippen LogP contribution in [-0.2, 0) is 5.41 Å². The van der Waals surface area contributed by atoms with Gasteiger partial charge in [0, 0.05) is 16.7 Å². The lowest BCUT2D eigenvalue weighted by Crippen LogP contribution is -2.26. The van der Waals surface area contributed by atoms with Crippen molar-refractivity contribution in [2.45, 2.75) is 5.41 Å². The summed E-state index contributed by atoms with van der Waals surface area (Å²) >= 11 is 0. The van der Waals surface area contributed by atoms with Gasteiger partial charge in [-0.3, -0.25) is 0 Å². The Morgan fingerprint density at radius 1 is 0.364 bits per heavy atom. The molecule has 1 heterocycles. The number of rotatable bonds is 4. The summed E-state index contributed by atoms with van der Waals surface area (Å²) in [5.41, 5.74) is 14.9. The van der Waals surface area contributed by atoms with Crippen LogP contribution in [0.25, 0.3) is 78.3 Å². The van der Waals surface area contributed by atoms with Gasteiger partial charge < -0.3 is 0 Å². The number of aromatic nitrogens is 3. The quantitative estimate of drug-likeness (QED) is 0.184. The van der Waals surface area contributed by atoms with Crippen LogP contribution < -0.4 is 0 Å². The molecule has 0 amide bonds. The molecule has 1 unspecified atom stereocenters. The Hall–Kier alpha value is -7.48. The molecule has 55 heavy (non-hydrogen) atoms. The van der Waals surface area contributed by atoms with E-state index >= 15 is 0 Å². The Morgan fingerprint density at radius 3 is 1.51 bits per heavy atom. The molecule has 0 saturated heterocycles. The van der Waals surface area contributed by atoms with Gasteiger partial charge in [0.1, 0.15) is 0 Å². The molecule has 0 saturated carbocycles. The first-order valence-electron chi connectivity index (χ1n) is 18.5. The Bertz CT molecular complexity index is 2980. The molecule has 0 aliphatic heterocycles. The van der Waals surface area contributed by atoms with E-state index in [2.05, 4.69) is 140 Å². The van der Waals surface area contributed by atoms with E-state index < -0.39 is 5.41 Å².